The molecule has 0 aromatic carbocycles. The van der Waals surface area contributed by atoms with Crippen LogP contribution in [-0.4, -0.2) is 36.1 Å². The summed E-state index contributed by atoms with van der Waals surface area (Å²) in [5.41, 5.74) is -0.384. The second-order valence-corrected chi connectivity index (χ2v) is 5.04. The standard InChI is InChI=1S/C12H22N2O3/c1-3-4-9(7-10(15)16)14-11(17)12(2)5-6-13-8-12/h9,13H,3-8H2,1-2H3,(H,14,17)(H,15,16). The first-order valence-corrected chi connectivity index (χ1v) is 6.21. The van der Waals surface area contributed by atoms with Gasteiger partial charge in [0.05, 0.1) is 11.8 Å². The van der Waals surface area contributed by atoms with Gasteiger partial charge in [-0.3, -0.25) is 9.59 Å². The number of aliphatic carboxylic acids is 1. The molecule has 0 saturated carbocycles. The maximum Gasteiger partial charge on any atom is 0.305 e. The van der Waals surface area contributed by atoms with E-state index >= 15 is 0 Å². The van der Waals surface area contributed by atoms with Crippen LogP contribution in [0.5, 0.6) is 0 Å². The van der Waals surface area contributed by atoms with Crippen LogP contribution in [0.15, 0.2) is 0 Å². The van der Waals surface area contributed by atoms with Crippen LogP contribution < -0.4 is 10.6 Å². The van der Waals surface area contributed by atoms with Crippen LogP contribution in [0, 0.1) is 5.41 Å². The lowest BCUT2D eigenvalue weighted by Crippen LogP contribution is -2.45. The van der Waals surface area contributed by atoms with E-state index in [1.54, 1.807) is 0 Å². The summed E-state index contributed by atoms with van der Waals surface area (Å²) in [5, 5.41) is 14.8. The van der Waals surface area contributed by atoms with Crippen molar-refractivity contribution in [3.63, 3.8) is 0 Å². The van der Waals surface area contributed by atoms with E-state index in [-0.39, 0.29) is 23.8 Å². The molecule has 1 heterocycles. The van der Waals surface area contributed by atoms with Gasteiger partial charge in [-0.25, -0.2) is 0 Å². The predicted molar refractivity (Wildman–Crippen MR) is 64.7 cm³/mol. The molecule has 1 aliphatic rings. The monoisotopic (exact) mass is 242 g/mol. The molecule has 0 aliphatic carbocycles. The summed E-state index contributed by atoms with van der Waals surface area (Å²) in [5.74, 6) is -0.888. The van der Waals surface area contributed by atoms with Crippen molar-refractivity contribution in [3.8, 4) is 0 Å². The minimum absolute atomic E-state index is 0.00306. The first-order valence-electron chi connectivity index (χ1n) is 6.21. The fourth-order valence-electron chi connectivity index (χ4n) is 2.15. The summed E-state index contributed by atoms with van der Waals surface area (Å²) in [6, 6.07) is -0.248. The molecule has 0 aromatic rings. The highest BCUT2D eigenvalue weighted by molar-refractivity contribution is 5.83. The number of nitrogens with one attached hydrogen (secondary N) is 2. The summed E-state index contributed by atoms with van der Waals surface area (Å²) < 4.78 is 0. The van der Waals surface area contributed by atoms with E-state index in [0.717, 1.165) is 19.4 Å². The predicted octanol–water partition coefficient (Wildman–Crippen LogP) is 0.746. The van der Waals surface area contributed by atoms with E-state index in [0.29, 0.717) is 13.0 Å². The van der Waals surface area contributed by atoms with Gasteiger partial charge in [0.15, 0.2) is 0 Å². The molecule has 1 fully saturated rings. The number of rotatable bonds is 6. The van der Waals surface area contributed by atoms with E-state index in [2.05, 4.69) is 10.6 Å². The zero-order chi connectivity index (χ0) is 12.9. The molecular formula is C12H22N2O3. The Balaban J connectivity index is 2.53. The molecule has 98 valence electrons. The zero-order valence-corrected chi connectivity index (χ0v) is 10.6. The number of hydrogen-bond acceptors (Lipinski definition) is 3. The molecule has 0 bridgehead atoms. The minimum Gasteiger partial charge on any atom is -0.481 e. The molecule has 5 nitrogen and oxygen atoms in total. The maximum absolute atomic E-state index is 12.1. The first-order chi connectivity index (χ1) is 7.98. The topological polar surface area (TPSA) is 78.4 Å². The van der Waals surface area contributed by atoms with Gasteiger partial charge in [-0.2, -0.15) is 0 Å². The van der Waals surface area contributed by atoms with Gasteiger partial charge in [0, 0.05) is 12.6 Å². The number of carboxylic acids is 1. The quantitative estimate of drug-likeness (QED) is 0.642. The first kappa shape index (κ1) is 14.0. The Morgan fingerprint density at radius 3 is 2.71 bits per heavy atom. The van der Waals surface area contributed by atoms with Crippen LogP contribution in [-0.2, 0) is 9.59 Å². The molecule has 1 aliphatic heterocycles. The van der Waals surface area contributed by atoms with Gasteiger partial charge in [0.2, 0.25) is 5.91 Å². The Hall–Kier alpha value is -1.10. The van der Waals surface area contributed by atoms with Crippen molar-refractivity contribution in [2.45, 2.75) is 45.6 Å². The average Bonchev–Trinajstić information content (AvgIpc) is 2.66. The van der Waals surface area contributed by atoms with Gasteiger partial charge in [-0.15, -0.1) is 0 Å². The molecule has 17 heavy (non-hydrogen) atoms. The van der Waals surface area contributed by atoms with E-state index in [9.17, 15) is 9.59 Å². The molecule has 5 heteroatoms. The normalized spacial score (nSPS) is 25.5. The summed E-state index contributed by atoms with van der Waals surface area (Å²) in [4.78, 5) is 22.8. The van der Waals surface area contributed by atoms with Crippen molar-refractivity contribution in [1.82, 2.24) is 10.6 Å². The number of carbonyl (C=O) groups excluding carboxylic acids is 1. The van der Waals surface area contributed by atoms with Crippen LogP contribution in [0.4, 0.5) is 0 Å². The van der Waals surface area contributed by atoms with Gasteiger partial charge < -0.3 is 15.7 Å². The van der Waals surface area contributed by atoms with Crippen molar-refractivity contribution in [3.05, 3.63) is 0 Å². The lowest BCUT2D eigenvalue weighted by atomic mass is 9.88. The second-order valence-electron chi connectivity index (χ2n) is 5.04. The average molecular weight is 242 g/mol. The molecular weight excluding hydrogens is 220 g/mol. The Bertz CT molecular complexity index is 285. The highest BCUT2D eigenvalue weighted by atomic mass is 16.4. The Morgan fingerprint density at radius 2 is 2.24 bits per heavy atom. The van der Waals surface area contributed by atoms with Crippen molar-refractivity contribution in [2.24, 2.45) is 5.41 Å². The highest BCUT2D eigenvalue weighted by Crippen LogP contribution is 2.25. The molecule has 0 aromatic heterocycles. The van der Waals surface area contributed by atoms with Gasteiger partial charge in [0.25, 0.3) is 0 Å². The second kappa shape index (κ2) is 6.00. The van der Waals surface area contributed by atoms with Gasteiger partial charge in [-0.1, -0.05) is 13.3 Å². The molecule has 0 radical (unpaired) electrons. The van der Waals surface area contributed by atoms with Crippen molar-refractivity contribution in [1.29, 1.82) is 0 Å². The molecule has 2 atom stereocenters. The SMILES string of the molecule is CCCC(CC(=O)O)NC(=O)C1(C)CCNC1. The number of carboxylic acid groups (broad SMARTS) is 1. The van der Waals surface area contributed by atoms with Gasteiger partial charge in [0.1, 0.15) is 0 Å². The summed E-state index contributed by atoms with van der Waals surface area (Å²) in [6.07, 6.45) is 2.39. The van der Waals surface area contributed by atoms with E-state index in [1.807, 2.05) is 13.8 Å². The van der Waals surface area contributed by atoms with E-state index in [1.165, 1.54) is 0 Å². The molecule has 1 rings (SSSR count). The van der Waals surface area contributed by atoms with Crippen LogP contribution in [0.2, 0.25) is 0 Å². The summed E-state index contributed by atoms with van der Waals surface area (Å²) in [7, 11) is 0. The van der Waals surface area contributed by atoms with Crippen molar-refractivity contribution in [2.75, 3.05) is 13.1 Å². The molecule has 0 spiro atoms. The zero-order valence-electron chi connectivity index (χ0n) is 10.6. The van der Waals surface area contributed by atoms with Crippen molar-refractivity contribution >= 4 is 11.9 Å². The third kappa shape index (κ3) is 4.00. The van der Waals surface area contributed by atoms with Gasteiger partial charge in [-0.05, 0) is 26.3 Å². The summed E-state index contributed by atoms with van der Waals surface area (Å²) in [6.45, 7) is 5.43. The van der Waals surface area contributed by atoms with Crippen LogP contribution >= 0.6 is 0 Å². The third-order valence-electron chi connectivity index (χ3n) is 3.31. The molecule has 1 amide bonds. The lowest BCUT2D eigenvalue weighted by molar-refractivity contribution is -0.138. The summed E-state index contributed by atoms with van der Waals surface area (Å²) >= 11 is 0. The van der Waals surface area contributed by atoms with Crippen LogP contribution in [0.25, 0.3) is 0 Å². The third-order valence-corrected chi connectivity index (χ3v) is 3.31. The largest absolute Gasteiger partial charge is 0.481 e. The van der Waals surface area contributed by atoms with Crippen molar-refractivity contribution < 1.29 is 14.7 Å². The smallest absolute Gasteiger partial charge is 0.305 e. The highest BCUT2D eigenvalue weighted by Gasteiger charge is 2.37. The lowest BCUT2D eigenvalue weighted by Gasteiger charge is -2.25. The fourth-order valence-corrected chi connectivity index (χ4v) is 2.15. The number of hydrogen-bond donors (Lipinski definition) is 3. The molecule has 3 N–H and O–H groups in total. The fraction of sp³-hybridized carbons (Fsp3) is 0.833. The maximum atomic E-state index is 12.1. The van der Waals surface area contributed by atoms with E-state index in [4.69, 9.17) is 5.11 Å². The minimum atomic E-state index is -0.863. The Labute approximate surface area is 102 Å². The van der Waals surface area contributed by atoms with Crippen LogP contribution in [0.1, 0.15) is 39.5 Å². The number of amides is 1. The number of carbonyl (C=O) groups is 2. The molecule has 2 unspecified atom stereocenters. The Morgan fingerprint density at radius 1 is 1.53 bits per heavy atom. The van der Waals surface area contributed by atoms with E-state index < -0.39 is 5.97 Å². The van der Waals surface area contributed by atoms with Gasteiger partial charge >= 0.3 is 5.97 Å². The Kier molecular flexibility index (Phi) is 4.93. The van der Waals surface area contributed by atoms with Crippen LogP contribution in [0.3, 0.4) is 0 Å². The molecule has 1 saturated heterocycles.